The molecule has 9 heteroatoms. The Morgan fingerprint density at radius 1 is 1.06 bits per heavy atom. The second kappa shape index (κ2) is 12.0. The van der Waals surface area contributed by atoms with Crippen LogP contribution in [0, 0.1) is 0 Å². The van der Waals surface area contributed by atoms with Gasteiger partial charge in [0.15, 0.2) is 12.2 Å². The topological polar surface area (TPSA) is 94.3 Å². The Morgan fingerprint density at radius 2 is 1.71 bits per heavy atom. The molecule has 1 aromatic carbocycles. The zero-order valence-electron chi connectivity index (χ0n) is 18.2. The number of piperidine rings is 1. The average molecular weight is 453 g/mol. The third-order valence-corrected chi connectivity index (χ3v) is 5.52. The van der Waals surface area contributed by atoms with Crippen molar-refractivity contribution in [1.82, 2.24) is 20.4 Å². The molecule has 2 aliphatic heterocycles. The van der Waals surface area contributed by atoms with Gasteiger partial charge in [-0.15, -0.1) is 12.4 Å². The van der Waals surface area contributed by atoms with Crippen LogP contribution in [0.3, 0.4) is 0 Å². The molecule has 0 spiro atoms. The number of epoxide rings is 1. The van der Waals surface area contributed by atoms with E-state index in [0.29, 0.717) is 13.0 Å². The molecule has 31 heavy (non-hydrogen) atoms. The number of nitrogens with zero attached hydrogens (tertiary/aromatic N) is 2. The fraction of sp³-hybridized carbons (Fsp3) is 0.591. The summed E-state index contributed by atoms with van der Waals surface area (Å²) in [6, 6.07) is 8.80. The highest BCUT2D eigenvalue weighted by Gasteiger charge is 2.50. The minimum Gasteiger partial charge on any atom is -0.352 e. The Kier molecular flexibility index (Phi) is 9.74. The summed E-state index contributed by atoms with van der Waals surface area (Å²) in [6.07, 6.45) is 2.45. The van der Waals surface area contributed by atoms with Crippen molar-refractivity contribution in [2.45, 2.75) is 43.9 Å². The van der Waals surface area contributed by atoms with Crippen molar-refractivity contribution in [1.29, 1.82) is 0 Å². The molecule has 172 valence electrons. The van der Waals surface area contributed by atoms with Crippen LogP contribution in [0.4, 0.5) is 0 Å². The molecule has 2 aliphatic rings. The van der Waals surface area contributed by atoms with E-state index in [1.54, 1.807) is 14.1 Å². The van der Waals surface area contributed by atoms with Crippen molar-refractivity contribution >= 4 is 30.1 Å². The smallest absolute Gasteiger partial charge is 0.253 e. The zero-order valence-corrected chi connectivity index (χ0v) is 19.0. The highest BCUT2D eigenvalue weighted by molar-refractivity contribution is 5.97. The predicted octanol–water partition coefficient (Wildman–Crippen LogP) is 0.593. The number of hydrogen-bond donors (Lipinski definition) is 2. The van der Waals surface area contributed by atoms with Crippen LogP contribution in [-0.4, -0.2) is 86.0 Å². The summed E-state index contributed by atoms with van der Waals surface area (Å²) in [5.41, 5.74) is 0.946. The molecule has 2 N–H and O–H groups in total. The summed E-state index contributed by atoms with van der Waals surface area (Å²) < 4.78 is 5.31. The number of halogens is 1. The first-order valence-electron chi connectivity index (χ1n) is 10.7. The quantitative estimate of drug-likeness (QED) is 0.535. The fourth-order valence-corrected chi connectivity index (χ4v) is 3.75. The van der Waals surface area contributed by atoms with Gasteiger partial charge in [0.05, 0.1) is 0 Å². The summed E-state index contributed by atoms with van der Waals surface area (Å²) in [5, 5.41) is 5.61. The molecule has 2 fully saturated rings. The van der Waals surface area contributed by atoms with E-state index in [1.165, 1.54) is 24.2 Å². The van der Waals surface area contributed by atoms with Gasteiger partial charge in [-0.3, -0.25) is 14.4 Å². The molecule has 2 saturated heterocycles. The standard InChI is InChI=1S/C22H32N4O4.ClH/c1-25(2)22(29)17(15-16-9-5-3-6-10-16)24-21(28)19-18(30-19)20(27)23-11-14-26-12-7-4-8-13-26;/h3,5-6,9-10,17-19H,4,7-8,11-15H2,1-2H3,(H,23,27)(H,24,28);1H/t17-,18?,19?;/m0./s1. The normalized spacial score (nSPS) is 21.4. The van der Waals surface area contributed by atoms with E-state index >= 15 is 0 Å². The number of hydrogen-bond acceptors (Lipinski definition) is 5. The third kappa shape index (κ3) is 7.48. The van der Waals surface area contributed by atoms with Crippen molar-refractivity contribution in [2.24, 2.45) is 0 Å². The molecule has 8 nitrogen and oxygen atoms in total. The molecule has 0 bridgehead atoms. The SMILES string of the molecule is CN(C)C(=O)[C@H](Cc1ccccc1)NC(=O)C1OC1C(=O)NCCN1CCCCC1.Cl. The lowest BCUT2D eigenvalue weighted by atomic mass is 10.0. The molecule has 3 rings (SSSR count). The summed E-state index contributed by atoms with van der Waals surface area (Å²) in [4.78, 5) is 41.2. The van der Waals surface area contributed by atoms with E-state index in [2.05, 4.69) is 15.5 Å². The van der Waals surface area contributed by atoms with Gasteiger partial charge in [0, 0.05) is 33.6 Å². The monoisotopic (exact) mass is 452 g/mol. The molecule has 1 aromatic rings. The van der Waals surface area contributed by atoms with Crippen LogP contribution in [-0.2, 0) is 25.5 Å². The van der Waals surface area contributed by atoms with E-state index in [9.17, 15) is 14.4 Å². The fourth-order valence-electron chi connectivity index (χ4n) is 3.75. The van der Waals surface area contributed by atoms with Crippen LogP contribution < -0.4 is 10.6 Å². The maximum Gasteiger partial charge on any atom is 0.253 e. The Morgan fingerprint density at radius 3 is 2.35 bits per heavy atom. The van der Waals surface area contributed by atoms with Crippen molar-refractivity contribution in [3.8, 4) is 0 Å². The van der Waals surface area contributed by atoms with Crippen LogP contribution in [0.25, 0.3) is 0 Å². The van der Waals surface area contributed by atoms with E-state index < -0.39 is 24.2 Å². The average Bonchev–Trinajstić information content (AvgIpc) is 3.55. The molecule has 0 radical (unpaired) electrons. The minimum absolute atomic E-state index is 0. The van der Waals surface area contributed by atoms with Gasteiger partial charge >= 0.3 is 0 Å². The van der Waals surface area contributed by atoms with Gasteiger partial charge in [-0.1, -0.05) is 36.8 Å². The lowest BCUT2D eigenvalue weighted by Gasteiger charge is -2.26. The largest absolute Gasteiger partial charge is 0.352 e. The van der Waals surface area contributed by atoms with Gasteiger partial charge in [0.2, 0.25) is 5.91 Å². The summed E-state index contributed by atoms with van der Waals surface area (Å²) in [7, 11) is 3.30. The predicted molar refractivity (Wildman–Crippen MR) is 120 cm³/mol. The molecule has 2 heterocycles. The van der Waals surface area contributed by atoms with Gasteiger partial charge in [0.25, 0.3) is 11.8 Å². The first kappa shape index (κ1) is 25.1. The molecule has 3 amide bonds. The lowest BCUT2D eigenvalue weighted by molar-refractivity contribution is -0.134. The second-order valence-electron chi connectivity index (χ2n) is 8.15. The van der Waals surface area contributed by atoms with Gasteiger partial charge < -0.3 is 25.2 Å². The van der Waals surface area contributed by atoms with Crippen molar-refractivity contribution in [3.63, 3.8) is 0 Å². The molecular formula is C22H33ClN4O4. The van der Waals surface area contributed by atoms with E-state index in [1.807, 2.05) is 30.3 Å². The maximum atomic E-state index is 12.6. The number of benzene rings is 1. The van der Waals surface area contributed by atoms with Gasteiger partial charge in [-0.05, 0) is 31.5 Å². The number of amides is 3. The molecular weight excluding hydrogens is 420 g/mol. The Hall–Kier alpha value is -2.16. The van der Waals surface area contributed by atoms with Gasteiger partial charge in [-0.2, -0.15) is 0 Å². The molecule has 0 aromatic heterocycles. The van der Waals surface area contributed by atoms with Crippen LogP contribution in [0.1, 0.15) is 24.8 Å². The number of carbonyl (C=O) groups excluding carboxylic acids is 3. The number of carbonyl (C=O) groups is 3. The Labute approximate surface area is 190 Å². The molecule has 0 saturated carbocycles. The molecule has 3 atom stereocenters. The number of rotatable bonds is 9. The number of ether oxygens (including phenoxy) is 1. The van der Waals surface area contributed by atoms with Crippen molar-refractivity contribution in [2.75, 3.05) is 40.3 Å². The van der Waals surface area contributed by atoms with E-state index in [4.69, 9.17) is 4.74 Å². The molecule has 2 unspecified atom stereocenters. The second-order valence-corrected chi connectivity index (χ2v) is 8.15. The van der Waals surface area contributed by atoms with Gasteiger partial charge in [0.1, 0.15) is 6.04 Å². The van der Waals surface area contributed by atoms with Crippen LogP contribution in [0.2, 0.25) is 0 Å². The summed E-state index contributed by atoms with van der Waals surface area (Å²) >= 11 is 0. The molecule has 0 aliphatic carbocycles. The van der Waals surface area contributed by atoms with Gasteiger partial charge in [-0.25, -0.2) is 0 Å². The van der Waals surface area contributed by atoms with E-state index in [0.717, 1.165) is 25.2 Å². The highest BCUT2D eigenvalue weighted by Crippen LogP contribution is 2.23. The van der Waals surface area contributed by atoms with Crippen molar-refractivity contribution < 1.29 is 19.1 Å². The first-order valence-corrected chi connectivity index (χ1v) is 10.7. The zero-order chi connectivity index (χ0) is 21.5. The number of likely N-dealkylation sites (N-methyl/N-ethyl adjacent to an activating group) is 1. The maximum absolute atomic E-state index is 12.6. The van der Waals surface area contributed by atoms with Crippen LogP contribution in [0.15, 0.2) is 30.3 Å². The third-order valence-electron chi connectivity index (χ3n) is 5.52. The van der Waals surface area contributed by atoms with Crippen LogP contribution in [0.5, 0.6) is 0 Å². The Bertz CT molecular complexity index is 740. The number of likely N-dealkylation sites (tertiary alicyclic amines) is 1. The van der Waals surface area contributed by atoms with E-state index in [-0.39, 0.29) is 24.2 Å². The summed E-state index contributed by atoms with van der Waals surface area (Å²) in [5.74, 6) is -0.900. The Balaban J connectivity index is 0.00000341. The van der Waals surface area contributed by atoms with Crippen LogP contribution >= 0.6 is 12.4 Å². The summed E-state index contributed by atoms with van der Waals surface area (Å²) in [6.45, 7) is 3.50. The highest BCUT2D eigenvalue weighted by atomic mass is 35.5. The first-order chi connectivity index (χ1) is 14.5. The number of nitrogens with one attached hydrogen (secondary N) is 2. The lowest BCUT2D eigenvalue weighted by Crippen LogP contribution is -2.49. The van der Waals surface area contributed by atoms with Crippen molar-refractivity contribution in [3.05, 3.63) is 35.9 Å². The minimum atomic E-state index is -0.840.